The standard InChI is InChI=1S/C17H29N3O/c1-5-20(13-15-7-6-10-21-15)16-11-14(8-9-18-16)12-19-17(2,3)4/h8-9,11,15,19H,5-7,10,12-13H2,1-4H3. The van der Waals surface area contributed by atoms with Crippen LogP contribution in [0.15, 0.2) is 18.3 Å². The highest BCUT2D eigenvalue weighted by Gasteiger charge is 2.19. The molecule has 0 radical (unpaired) electrons. The Balaban J connectivity index is 2.00. The molecule has 0 amide bonds. The third-order valence-corrected chi connectivity index (χ3v) is 3.79. The summed E-state index contributed by atoms with van der Waals surface area (Å²) in [6.07, 6.45) is 4.63. The van der Waals surface area contributed by atoms with Gasteiger partial charge in [-0.15, -0.1) is 0 Å². The highest BCUT2D eigenvalue weighted by molar-refractivity contribution is 5.41. The number of hydrogen-bond acceptors (Lipinski definition) is 4. The van der Waals surface area contributed by atoms with Crippen molar-refractivity contribution in [3.63, 3.8) is 0 Å². The molecule has 4 nitrogen and oxygen atoms in total. The molecule has 2 rings (SSSR count). The van der Waals surface area contributed by atoms with Crippen LogP contribution in [0.1, 0.15) is 46.1 Å². The van der Waals surface area contributed by atoms with E-state index in [1.54, 1.807) is 0 Å². The molecule has 1 atom stereocenters. The molecule has 1 aromatic rings. The molecule has 1 aliphatic heterocycles. The minimum Gasteiger partial charge on any atom is -0.376 e. The van der Waals surface area contributed by atoms with E-state index in [1.807, 2.05) is 6.20 Å². The summed E-state index contributed by atoms with van der Waals surface area (Å²) >= 11 is 0. The minimum absolute atomic E-state index is 0.131. The first-order chi connectivity index (χ1) is 9.98. The number of nitrogens with one attached hydrogen (secondary N) is 1. The third kappa shape index (κ3) is 5.29. The Kier molecular flexibility index (Phi) is 5.59. The van der Waals surface area contributed by atoms with Gasteiger partial charge in [-0.05, 0) is 58.2 Å². The summed E-state index contributed by atoms with van der Waals surface area (Å²) < 4.78 is 5.75. The van der Waals surface area contributed by atoms with Crippen LogP contribution in [0, 0.1) is 0 Å². The third-order valence-electron chi connectivity index (χ3n) is 3.79. The van der Waals surface area contributed by atoms with Gasteiger partial charge in [-0.3, -0.25) is 0 Å². The van der Waals surface area contributed by atoms with Crippen molar-refractivity contribution in [2.45, 2.75) is 58.7 Å². The summed E-state index contributed by atoms with van der Waals surface area (Å²) in [5, 5.41) is 3.52. The number of likely N-dealkylation sites (N-methyl/N-ethyl adjacent to an activating group) is 1. The lowest BCUT2D eigenvalue weighted by atomic mass is 10.1. The summed E-state index contributed by atoms with van der Waals surface area (Å²) in [6.45, 7) is 12.4. The highest BCUT2D eigenvalue weighted by Crippen LogP contribution is 2.18. The van der Waals surface area contributed by atoms with Gasteiger partial charge in [0.15, 0.2) is 0 Å². The number of pyridine rings is 1. The number of nitrogens with zero attached hydrogens (tertiary/aromatic N) is 2. The predicted octanol–water partition coefficient (Wildman–Crippen LogP) is 2.98. The van der Waals surface area contributed by atoms with E-state index in [-0.39, 0.29) is 5.54 Å². The molecule has 0 spiro atoms. The fourth-order valence-corrected chi connectivity index (χ4v) is 2.53. The van der Waals surface area contributed by atoms with Gasteiger partial charge in [0.1, 0.15) is 5.82 Å². The smallest absolute Gasteiger partial charge is 0.128 e. The largest absolute Gasteiger partial charge is 0.376 e. The molecule has 21 heavy (non-hydrogen) atoms. The van der Waals surface area contributed by atoms with Crippen molar-refractivity contribution in [3.8, 4) is 0 Å². The topological polar surface area (TPSA) is 37.4 Å². The number of rotatable bonds is 6. The zero-order valence-electron chi connectivity index (χ0n) is 13.9. The second-order valence-corrected chi connectivity index (χ2v) is 6.80. The highest BCUT2D eigenvalue weighted by atomic mass is 16.5. The molecule has 0 bridgehead atoms. The quantitative estimate of drug-likeness (QED) is 0.874. The monoisotopic (exact) mass is 291 g/mol. The zero-order valence-corrected chi connectivity index (χ0v) is 13.9. The van der Waals surface area contributed by atoms with Crippen molar-refractivity contribution in [3.05, 3.63) is 23.9 Å². The first kappa shape index (κ1) is 16.2. The first-order valence-electron chi connectivity index (χ1n) is 8.04. The van der Waals surface area contributed by atoms with Crippen LogP contribution in [0.5, 0.6) is 0 Å². The van der Waals surface area contributed by atoms with Crippen LogP contribution in [-0.4, -0.2) is 36.3 Å². The summed E-state index contributed by atoms with van der Waals surface area (Å²) in [5.74, 6) is 1.06. The van der Waals surface area contributed by atoms with Crippen LogP contribution >= 0.6 is 0 Å². The molecule has 1 fully saturated rings. The molecule has 1 N–H and O–H groups in total. The van der Waals surface area contributed by atoms with Crippen LogP contribution in [0.2, 0.25) is 0 Å². The molecule has 1 aliphatic rings. The summed E-state index contributed by atoms with van der Waals surface area (Å²) in [6, 6.07) is 4.28. The maximum Gasteiger partial charge on any atom is 0.128 e. The average Bonchev–Trinajstić information content (AvgIpc) is 2.95. The van der Waals surface area contributed by atoms with Crippen LogP contribution in [0.25, 0.3) is 0 Å². The van der Waals surface area contributed by atoms with Crippen molar-refractivity contribution in [1.29, 1.82) is 0 Å². The predicted molar refractivity (Wildman–Crippen MR) is 87.7 cm³/mol. The van der Waals surface area contributed by atoms with Gasteiger partial charge >= 0.3 is 0 Å². The molecular weight excluding hydrogens is 262 g/mol. The Morgan fingerprint density at radius 1 is 1.43 bits per heavy atom. The Bertz CT molecular complexity index is 436. The van der Waals surface area contributed by atoms with Crippen LogP contribution in [0.4, 0.5) is 5.82 Å². The van der Waals surface area contributed by atoms with Crippen LogP contribution < -0.4 is 10.2 Å². The number of anilines is 1. The number of ether oxygens (including phenoxy) is 1. The van der Waals surface area contributed by atoms with E-state index in [9.17, 15) is 0 Å². The second kappa shape index (κ2) is 7.23. The Labute approximate surface area is 128 Å². The average molecular weight is 291 g/mol. The van der Waals surface area contributed by atoms with Crippen LogP contribution in [0.3, 0.4) is 0 Å². The molecule has 0 saturated carbocycles. The molecule has 118 valence electrons. The lowest BCUT2D eigenvalue weighted by Crippen LogP contribution is -2.35. The number of aromatic nitrogens is 1. The zero-order chi connectivity index (χ0) is 15.3. The Hall–Kier alpha value is -1.13. The SMILES string of the molecule is CCN(CC1CCCO1)c1cc(CNC(C)(C)C)ccn1. The molecule has 0 aliphatic carbocycles. The van der Waals surface area contributed by atoms with E-state index >= 15 is 0 Å². The Morgan fingerprint density at radius 2 is 2.24 bits per heavy atom. The van der Waals surface area contributed by atoms with Crippen LogP contribution in [-0.2, 0) is 11.3 Å². The van der Waals surface area contributed by atoms with Gasteiger partial charge in [0.25, 0.3) is 0 Å². The van der Waals surface area contributed by atoms with Gasteiger partial charge in [-0.2, -0.15) is 0 Å². The van der Waals surface area contributed by atoms with Crippen molar-refractivity contribution < 1.29 is 4.74 Å². The van der Waals surface area contributed by atoms with Crippen molar-refractivity contribution in [2.24, 2.45) is 0 Å². The first-order valence-corrected chi connectivity index (χ1v) is 8.04. The maximum absolute atomic E-state index is 5.75. The van der Waals surface area contributed by atoms with E-state index in [0.29, 0.717) is 6.10 Å². The van der Waals surface area contributed by atoms with Gasteiger partial charge in [-0.25, -0.2) is 4.98 Å². The fourth-order valence-electron chi connectivity index (χ4n) is 2.53. The molecular formula is C17H29N3O. The van der Waals surface area contributed by atoms with Crippen molar-refractivity contribution in [2.75, 3.05) is 24.6 Å². The molecule has 4 heteroatoms. The van der Waals surface area contributed by atoms with Gasteiger partial charge < -0.3 is 15.0 Å². The minimum atomic E-state index is 0.131. The van der Waals surface area contributed by atoms with Gasteiger partial charge in [0, 0.05) is 38.0 Å². The molecule has 1 saturated heterocycles. The van der Waals surface area contributed by atoms with Crippen molar-refractivity contribution >= 4 is 5.82 Å². The summed E-state index contributed by atoms with van der Waals surface area (Å²) in [7, 11) is 0. The van der Waals surface area contributed by atoms with E-state index < -0.39 is 0 Å². The summed E-state index contributed by atoms with van der Waals surface area (Å²) in [4.78, 5) is 6.86. The molecule has 1 unspecified atom stereocenters. The van der Waals surface area contributed by atoms with Gasteiger partial charge in [0.05, 0.1) is 6.10 Å². The molecule has 2 heterocycles. The number of hydrogen-bond donors (Lipinski definition) is 1. The molecule has 0 aromatic carbocycles. The molecule has 1 aromatic heterocycles. The van der Waals surface area contributed by atoms with E-state index in [1.165, 1.54) is 18.4 Å². The van der Waals surface area contributed by atoms with Gasteiger partial charge in [-0.1, -0.05) is 0 Å². The fraction of sp³-hybridized carbons (Fsp3) is 0.706. The van der Waals surface area contributed by atoms with E-state index in [0.717, 1.165) is 32.1 Å². The lowest BCUT2D eigenvalue weighted by Gasteiger charge is -2.26. The van der Waals surface area contributed by atoms with E-state index in [4.69, 9.17) is 4.74 Å². The second-order valence-electron chi connectivity index (χ2n) is 6.80. The van der Waals surface area contributed by atoms with Crippen molar-refractivity contribution in [1.82, 2.24) is 10.3 Å². The maximum atomic E-state index is 5.75. The van der Waals surface area contributed by atoms with Gasteiger partial charge in [0.2, 0.25) is 0 Å². The van der Waals surface area contributed by atoms with E-state index in [2.05, 4.69) is 55.0 Å². The Morgan fingerprint density at radius 3 is 2.86 bits per heavy atom. The summed E-state index contributed by atoms with van der Waals surface area (Å²) in [5.41, 5.74) is 1.41. The lowest BCUT2D eigenvalue weighted by molar-refractivity contribution is 0.115. The normalized spacial score (nSPS) is 19.0.